The Morgan fingerprint density at radius 3 is 1.18 bits per heavy atom. The van der Waals surface area contributed by atoms with E-state index in [1.165, 1.54) is 85.2 Å². The molecule has 39 heavy (non-hydrogen) atoms. The Kier molecular flexibility index (Phi) is 12.8. The van der Waals surface area contributed by atoms with Crippen LogP contribution in [0.4, 0.5) is 0 Å². The van der Waals surface area contributed by atoms with Crippen LogP contribution in [0.25, 0.3) is 21.1 Å². The van der Waals surface area contributed by atoms with E-state index in [1.807, 2.05) is 9.36 Å². The van der Waals surface area contributed by atoms with Gasteiger partial charge in [-0.15, -0.1) is 17.0 Å². The van der Waals surface area contributed by atoms with E-state index < -0.39 is 0 Å². The molecule has 0 saturated carbocycles. The summed E-state index contributed by atoms with van der Waals surface area (Å²) in [5, 5.41) is 27.7. The molecule has 0 bridgehead atoms. The Bertz CT molecular complexity index is 1270. The van der Waals surface area contributed by atoms with Gasteiger partial charge in [-0.3, -0.25) is 10.8 Å². The molecule has 0 aliphatic rings. The number of nitrogens with one attached hydrogen (secondary N) is 2. The topological polar surface area (TPSA) is 83.3 Å². The van der Waals surface area contributed by atoms with Gasteiger partial charge in [0.2, 0.25) is 9.60 Å². The standard InChI is InChI=1S/C30H40N6S2.BrH/c1-23-13-17-25(18-14-23)27-33-35(29(31)37-27)21-11-9-7-5-3-4-6-8-10-12-22-36-30(32)38-28(34-36)26-19-15-24(2)16-20-26;/h13-20,31-32H,3-12,21-22H2,1-2H3;1H. The summed E-state index contributed by atoms with van der Waals surface area (Å²) in [5.41, 5.74) is 4.68. The van der Waals surface area contributed by atoms with Gasteiger partial charge in [0.25, 0.3) is 0 Å². The Morgan fingerprint density at radius 2 is 0.846 bits per heavy atom. The third kappa shape index (κ3) is 9.65. The smallest absolute Gasteiger partial charge is 0.200 e. The van der Waals surface area contributed by atoms with Crippen LogP contribution >= 0.6 is 39.7 Å². The molecular formula is C30H41BrN6S2. The van der Waals surface area contributed by atoms with Crippen molar-refractivity contribution in [2.45, 2.75) is 91.1 Å². The first-order valence-electron chi connectivity index (χ1n) is 13.9. The van der Waals surface area contributed by atoms with Crippen LogP contribution in [0.5, 0.6) is 0 Å². The first-order chi connectivity index (χ1) is 18.5. The average Bonchev–Trinajstić information content (AvgIpc) is 3.47. The van der Waals surface area contributed by atoms with Gasteiger partial charge in [-0.1, -0.05) is 134 Å². The fourth-order valence-corrected chi connectivity index (χ4v) is 6.13. The molecule has 0 amide bonds. The first-order valence-corrected chi connectivity index (χ1v) is 15.5. The van der Waals surface area contributed by atoms with Crippen molar-refractivity contribution in [1.29, 1.82) is 10.8 Å². The quantitative estimate of drug-likeness (QED) is 0.130. The van der Waals surface area contributed by atoms with Crippen LogP contribution < -0.4 is 9.60 Å². The van der Waals surface area contributed by atoms with Gasteiger partial charge < -0.3 is 0 Å². The van der Waals surface area contributed by atoms with E-state index >= 15 is 0 Å². The van der Waals surface area contributed by atoms with Crippen molar-refractivity contribution in [2.75, 3.05) is 0 Å². The third-order valence-corrected chi connectivity index (χ3v) is 8.70. The maximum Gasteiger partial charge on any atom is 0.200 e. The van der Waals surface area contributed by atoms with Crippen LogP contribution in [0, 0.1) is 24.7 Å². The number of unbranched alkanes of at least 4 members (excludes halogenated alkanes) is 9. The van der Waals surface area contributed by atoms with Crippen molar-refractivity contribution in [3.05, 3.63) is 69.3 Å². The van der Waals surface area contributed by atoms with Gasteiger partial charge in [-0.05, 0) is 26.7 Å². The predicted molar refractivity (Wildman–Crippen MR) is 169 cm³/mol. The second-order valence-electron chi connectivity index (χ2n) is 10.1. The monoisotopic (exact) mass is 628 g/mol. The van der Waals surface area contributed by atoms with Gasteiger partial charge in [0.15, 0.2) is 0 Å². The zero-order valence-electron chi connectivity index (χ0n) is 23.1. The molecule has 4 rings (SSSR count). The molecule has 0 aliphatic heterocycles. The minimum absolute atomic E-state index is 0. The Labute approximate surface area is 250 Å². The van der Waals surface area contributed by atoms with Crippen molar-refractivity contribution in [3.63, 3.8) is 0 Å². The zero-order valence-corrected chi connectivity index (χ0v) is 26.5. The highest BCUT2D eigenvalue weighted by Crippen LogP contribution is 2.21. The minimum Gasteiger partial charge on any atom is -0.274 e. The number of hydrogen-bond donors (Lipinski definition) is 2. The number of halogens is 1. The van der Waals surface area contributed by atoms with Gasteiger partial charge in [0, 0.05) is 24.2 Å². The van der Waals surface area contributed by atoms with Gasteiger partial charge >= 0.3 is 0 Å². The Hall–Kier alpha value is -2.36. The average molecular weight is 630 g/mol. The lowest BCUT2D eigenvalue weighted by atomic mass is 10.1. The van der Waals surface area contributed by atoms with E-state index in [-0.39, 0.29) is 17.0 Å². The minimum atomic E-state index is 0. The molecule has 0 saturated heterocycles. The summed E-state index contributed by atoms with van der Waals surface area (Å²) in [7, 11) is 0. The second kappa shape index (κ2) is 16.0. The highest BCUT2D eigenvalue weighted by molar-refractivity contribution is 8.93. The molecule has 0 unspecified atom stereocenters. The van der Waals surface area contributed by atoms with E-state index in [2.05, 4.69) is 72.6 Å². The van der Waals surface area contributed by atoms with Crippen LogP contribution in [-0.2, 0) is 13.1 Å². The number of benzene rings is 2. The number of hydrogen-bond acceptors (Lipinski definition) is 6. The van der Waals surface area contributed by atoms with Crippen molar-refractivity contribution in [2.24, 2.45) is 0 Å². The first kappa shape index (κ1) is 31.2. The lowest BCUT2D eigenvalue weighted by Crippen LogP contribution is -2.14. The van der Waals surface area contributed by atoms with E-state index in [1.54, 1.807) is 0 Å². The van der Waals surface area contributed by atoms with Crippen molar-refractivity contribution < 1.29 is 0 Å². The maximum atomic E-state index is 8.23. The third-order valence-electron chi connectivity index (χ3n) is 6.87. The van der Waals surface area contributed by atoms with Gasteiger partial charge in [0.05, 0.1) is 0 Å². The summed E-state index contributed by atoms with van der Waals surface area (Å²) in [5.74, 6) is 0. The Morgan fingerprint density at radius 1 is 0.538 bits per heavy atom. The van der Waals surface area contributed by atoms with E-state index in [0.717, 1.165) is 47.1 Å². The summed E-state index contributed by atoms with van der Waals surface area (Å²) in [4.78, 5) is 1.08. The van der Waals surface area contributed by atoms with Gasteiger partial charge in [-0.25, -0.2) is 9.36 Å². The maximum absolute atomic E-state index is 8.23. The van der Waals surface area contributed by atoms with Crippen LogP contribution in [0.15, 0.2) is 48.5 Å². The van der Waals surface area contributed by atoms with Crippen molar-refractivity contribution in [3.8, 4) is 21.1 Å². The summed E-state index contributed by atoms with van der Waals surface area (Å²) < 4.78 is 3.72. The predicted octanol–water partition coefficient (Wildman–Crippen LogP) is 8.29. The molecule has 6 nitrogen and oxygen atoms in total. The van der Waals surface area contributed by atoms with E-state index in [0.29, 0.717) is 9.60 Å². The zero-order chi connectivity index (χ0) is 26.7. The Balaban J connectivity index is 0.00000420. The number of rotatable bonds is 15. The van der Waals surface area contributed by atoms with E-state index in [9.17, 15) is 0 Å². The second-order valence-corrected chi connectivity index (χ2v) is 12.1. The highest BCUT2D eigenvalue weighted by atomic mass is 79.9. The number of nitrogens with zero attached hydrogens (tertiary/aromatic N) is 4. The van der Waals surface area contributed by atoms with Crippen molar-refractivity contribution >= 4 is 39.7 Å². The lowest BCUT2D eigenvalue weighted by molar-refractivity contribution is 0.494. The molecule has 2 aromatic heterocycles. The van der Waals surface area contributed by atoms with Crippen molar-refractivity contribution in [1.82, 2.24) is 19.6 Å². The van der Waals surface area contributed by atoms with Crippen LogP contribution in [0.3, 0.4) is 0 Å². The summed E-state index contributed by atoms with van der Waals surface area (Å²) in [6.45, 7) is 5.85. The molecule has 0 atom stereocenters. The molecule has 9 heteroatoms. The highest BCUT2D eigenvalue weighted by Gasteiger charge is 2.07. The molecule has 0 aliphatic carbocycles. The molecule has 0 radical (unpaired) electrons. The lowest BCUT2D eigenvalue weighted by Gasteiger charge is -2.04. The molecule has 0 fully saturated rings. The van der Waals surface area contributed by atoms with Crippen LogP contribution in [-0.4, -0.2) is 19.6 Å². The molecule has 210 valence electrons. The molecular weight excluding hydrogens is 588 g/mol. The summed E-state index contributed by atoms with van der Waals surface area (Å²) >= 11 is 2.92. The van der Waals surface area contributed by atoms with Crippen LogP contribution in [0.1, 0.15) is 75.3 Å². The van der Waals surface area contributed by atoms with Gasteiger partial charge in [-0.2, -0.15) is 10.2 Å². The fraction of sp³-hybridized carbons (Fsp3) is 0.467. The molecule has 0 spiro atoms. The molecule has 2 aromatic carbocycles. The molecule has 2 N–H and O–H groups in total. The fourth-order valence-electron chi connectivity index (χ4n) is 4.51. The molecule has 2 heterocycles. The normalized spacial score (nSPS) is 11.0. The summed E-state index contributed by atoms with van der Waals surface area (Å²) in [6.07, 6.45) is 12.3. The number of aromatic nitrogens is 4. The molecule has 4 aromatic rings. The van der Waals surface area contributed by atoms with Gasteiger partial charge in [0.1, 0.15) is 10.0 Å². The van der Waals surface area contributed by atoms with E-state index in [4.69, 9.17) is 10.8 Å². The number of aryl methyl sites for hydroxylation is 4. The van der Waals surface area contributed by atoms with Crippen LogP contribution in [0.2, 0.25) is 0 Å². The largest absolute Gasteiger partial charge is 0.274 e. The summed E-state index contributed by atoms with van der Waals surface area (Å²) in [6, 6.07) is 16.8. The SMILES string of the molecule is Br.Cc1ccc(-c2nn(CCCCCCCCCCCCn3nc(-c4ccc(C)cc4)sc3=N)c(=N)s2)cc1.